The van der Waals surface area contributed by atoms with E-state index in [-0.39, 0.29) is 11.7 Å². The molecule has 0 radical (unpaired) electrons. The summed E-state index contributed by atoms with van der Waals surface area (Å²) in [7, 11) is 0. The molecule has 0 aliphatic carbocycles. The number of carbonyl (C=O) groups excluding carboxylic acids is 2. The summed E-state index contributed by atoms with van der Waals surface area (Å²) in [4.78, 5) is 34.1. The molecule has 1 aliphatic heterocycles. The normalized spacial score (nSPS) is 17.7. The van der Waals surface area contributed by atoms with E-state index in [0.29, 0.717) is 18.5 Å². The van der Waals surface area contributed by atoms with Gasteiger partial charge in [0.1, 0.15) is 11.8 Å². The lowest BCUT2D eigenvalue weighted by atomic mass is 10.1. The Morgan fingerprint density at radius 3 is 2.95 bits per heavy atom. The Kier molecular flexibility index (Phi) is 4.76. The fourth-order valence-corrected chi connectivity index (χ4v) is 2.02. The van der Waals surface area contributed by atoms with Crippen molar-refractivity contribution in [3.63, 3.8) is 0 Å². The van der Waals surface area contributed by atoms with Gasteiger partial charge in [0.25, 0.3) is 5.91 Å². The number of carboxylic acid groups (broad SMARTS) is 1. The summed E-state index contributed by atoms with van der Waals surface area (Å²) >= 11 is 0. The van der Waals surface area contributed by atoms with E-state index in [4.69, 9.17) is 9.84 Å². The smallest absolute Gasteiger partial charge is 0.341 e. The molecule has 112 valence electrons. The van der Waals surface area contributed by atoms with Crippen molar-refractivity contribution in [2.75, 3.05) is 13.2 Å². The fraction of sp³-hybridized carbons (Fsp3) is 0.357. The molecule has 1 unspecified atom stereocenters. The highest BCUT2D eigenvalue weighted by atomic mass is 16.5. The molecule has 1 aromatic carbocycles. The lowest BCUT2D eigenvalue weighted by Crippen LogP contribution is -2.50. The summed E-state index contributed by atoms with van der Waals surface area (Å²) < 4.78 is 5.01. The second-order valence-electron chi connectivity index (χ2n) is 4.67. The summed E-state index contributed by atoms with van der Waals surface area (Å²) in [6.45, 7) is 0.153. The van der Waals surface area contributed by atoms with Crippen molar-refractivity contribution in [2.24, 2.45) is 0 Å². The van der Waals surface area contributed by atoms with Crippen LogP contribution in [0.2, 0.25) is 0 Å². The van der Waals surface area contributed by atoms with Gasteiger partial charge in [0.15, 0.2) is 6.61 Å². The second-order valence-corrected chi connectivity index (χ2v) is 4.67. The Morgan fingerprint density at radius 2 is 2.24 bits per heavy atom. The van der Waals surface area contributed by atoms with Crippen LogP contribution in [0.4, 0.5) is 0 Å². The quantitative estimate of drug-likeness (QED) is 0.717. The Hall–Kier alpha value is -2.57. The molecule has 7 nitrogen and oxygen atoms in total. The number of hydrogen-bond acceptors (Lipinski definition) is 4. The maximum absolute atomic E-state index is 12.1. The van der Waals surface area contributed by atoms with Crippen molar-refractivity contribution in [1.29, 1.82) is 0 Å². The van der Waals surface area contributed by atoms with Gasteiger partial charge in [-0.2, -0.15) is 0 Å². The highest BCUT2D eigenvalue weighted by Gasteiger charge is 2.24. The van der Waals surface area contributed by atoms with Crippen LogP contribution in [-0.4, -0.2) is 42.1 Å². The molecule has 0 aromatic heterocycles. The Morgan fingerprint density at radius 1 is 1.43 bits per heavy atom. The Balaban J connectivity index is 1.99. The Labute approximate surface area is 121 Å². The number of ether oxygens (including phenoxy) is 1. The number of carbonyl (C=O) groups is 3. The number of nitrogens with one attached hydrogen (secondary N) is 2. The zero-order valence-corrected chi connectivity index (χ0v) is 11.3. The Bertz CT molecular complexity index is 558. The molecule has 0 bridgehead atoms. The molecule has 1 saturated heterocycles. The van der Waals surface area contributed by atoms with Crippen LogP contribution in [0.3, 0.4) is 0 Å². The minimum Gasteiger partial charge on any atom is -0.482 e. The van der Waals surface area contributed by atoms with Crippen LogP contribution in [-0.2, 0) is 9.59 Å². The van der Waals surface area contributed by atoms with E-state index in [1.165, 1.54) is 6.07 Å². The summed E-state index contributed by atoms with van der Waals surface area (Å²) in [6, 6.07) is 5.64. The third-order valence-corrected chi connectivity index (χ3v) is 3.05. The van der Waals surface area contributed by atoms with E-state index in [2.05, 4.69) is 10.6 Å². The van der Waals surface area contributed by atoms with Crippen LogP contribution >= 0.6 is 0 Å². The van der Waals surface area contributed by atoms with Crippen LogP contribution in [0, 0.1) is 0 Å². The predicted molar refractivity (Wildman–Crippen MR) is 73.1 cm³/mol. The molecule has 21 heavy (non-hydrogen) atoms. The van der Waals surface area contributed by atoms with Crippen LogP contribution in [0.5, 0.6) is 5.75 Å². The van der Waals surface area contributed by atoms with Gasteiger partial charge in [-0.05, 0) is 31.0 Å². The predicted octanol–water partition coefficient (Wildman–Crippen LogP) is 0.158. The van der Waals surface area contributed by atoms with E-state index in [9.17, 15) is 14.4 Å². The topological polar surface area (TPSA) is 105 Å². The molecule has 3 N–H and O–H groups in total. The van der Waals surface area contributed by atoms with Crippen molar-refractivity contribution in [3.05, 3.63) is 29.8 Å². The summed E-state index contributed by atoms with van der Waals surface area (Å²) in [5.41, 5.74) is 0.316. The van der Waals surface area contributed by atoms with Gasteiger partial charge in [0, 0.05) is 12.1 Å². The summed E-state index contributed by atoms with van der Waals surface area (Å²) in [5.74, 6) is -1.38. The molecule has 1 atom stereocenters. The highest BCUT2D eigenvalue weighted by Crippen LogP contribution is 2.14. The highest BCUT2D eigenvalue weighted by molar-refractivity contribution is 5.98. The molecule has 1 aromatic rings. The average molecular weight is 292 g/mol. The van der Waals surface area contributed by atoms with E-state index < -0.39 is 24.5 Å². The molecule has 7 heteroatoms. The minimum atomic E-state index is -1.09. The number of benzene rings is 1. The van der Waals surface area contributed by atoms with E-state index in [1.54, 1.807) is 18.2 Å². The van der Waals surface area contributed by atoms with Crippen molar-refractivity contribution in [2.45, 2.75) is 18.9 Å². The van der Waals surface area contributed by atoms with Gasteiger partial charge in [-0.1, -0.05) is 6.07 Å². The molecule has 0 spiro atoms. The van der Waals surface area contributed by atoms with Gasteiger partial charge in [-0.15, -0.1) is 0 Å². The number of amides is 2. The number of piperidine rings is 1. The van der Waals surface area contributed by atoms with Gasteiger partial charge in [-0.25, -0.2) is 4.79 Å². The molecule has 1 heterocycles. The molecular formula is C14H16N2O5. The molecule has 1 fully saturated rings. The minimum absolute atomic E-state index is 0.187. The lowest BCUT2D eigenvalue weighted by molar-refractivity contribution is -0.139. The number of hydrogen-bond donors (Lipinski definition) is 3. The third-order valence-electron chi connectivity index (χ3n) is 3.05. The maximum atomic E-state index is 12.1. The first-order chi connectivity index (χ1) is 10.1. The van der Waals surface area contributed by atoms with Crippen LogP contribution in [0.25, 0.3) is 0 Å². The van der Waals surface area contributed by atoms with Crippen molar-refractivity contribution >= 4 is 17.8 Å². The zero-order chi connectivity index (χ0) is 15.2. The van der Waals surface area contributed by atoms with Crippen LogP contribution in [0.15, 0.2) is 24.3 Å². The number of carboxylic acids is 1. The van der Waals surface area contributed by atoms with Gasteiger partial charge in [0.05, 0.1) is 0 Å². The first-order valence-corrected chi connectivity index (χ1v) is 6.59. The number of aliphatic carboxylic acids is 1. The summed E-state index contributed by atoms with van der Waals surface area (Å²) in [5, 5.41) is 13.9. The van der Waals surface area contributed by atoms with Gasteiger partial charge >= 0.3 is 5.97 Å². The standard InChI is InChI=1S/C14H16N2O5/c17-12(18)8-21-10-4-1-3-9(7-10)13(19)16-11-5-2-6-15-14(11)20/h1,3-4,7,11H,2,5-6,8H2,(H,15,20)(H,16,19)(H,17,18). The molecule has 0 saturated carbocycles. The lowest BCUT2D eigenvalue weighted by Gasteiger charge is -2.22. The van der Waals surface area contributed by atoms with Crippen LogP contribution < -0.4 is 15.4 Å². The first-order valence-electron chi connectivity index (χ1n) is 6.59. The van der Waals surface area contributed by atoms with E-state index in [1.807, 2.05) is 0 Å². The molecule has 2 rings (SSSR count). The molecule has 1 aliphatic rings. The second kappa shape index (κ2) is 6.74. The summed E-state index contributed by atoms with van der Waals surface area (Å²) in [6.07, 6.45) is 1.42. The van der Waals surface area contributed by atoms with E-state index >= 15 is 0 Å². The van der Waals surface area contributed by atoms with Crippen molar-refractivity contribution in [1.82, 2.24) is 10.6 Å². The van der Waals surface area contributed by atoms with Crippen molar-refractivity contribution in [3.8, 4) is 5.75 Å². The number of rotatable bonds is 5. The maximum Gasteiger partial charge on any atom is 0.341 e. The molecular weight excluding hydrogens is 276 g/mol. The first kappa shape index (κ1) is 14.8. The van der Waals surface area contributed by atoms with Gasteiger partial charge in [-0.3, -0.25) is 9.59 Å². The third kappa shape index (κ3) is 4.20. The monoisotopic (exact) mass is 292 g/mol. The fourth-order valence-electron chi connectivity index (χ4n) is 2.02. The average Bonchev–Trinajstić information content (AvgIpc) is 2.48. The van der Waals surface area contributed by atoms with Gasteiger partial charge < -0.3 is 20.5 Å². The largest absolute Gasteiger partial charge is 0.482 e. The zero-order valence-electron chi connectivity index (χ0n) is 11.3. The molecule has 2 amide bonds. The van der Waals surface area contributed by atoms with Crippen LogP contribution in [0.1, 0.15) is 23.2 Å². The van der Waals surface area contributed by atoms with Crippen molar-refractivity contribution < 1.29 is 24.2 Å². The van der Waals surface area contributed by atoms with Gasteiger partial charge in [0.2, 0.25) is 5.91 Å². The van der Waals surface area contributed by atoms with E-state index in [0.717, 1.165) is 6.42 Å². The SMILES string of the molecule is O=C(O)COc1cccc(C(=O)NC2CCCNC2=O)c1.